The van der Waals surface area contributed by atoms with Gasteiger partial charge in [0.25, 0.3) is 11.8 Å². The summed E-state index contributed by atoms with van der Waals surface area (Å²) in [5.41, 5.74) is 0.637. The molecule has 15 heavy (non-hydrogen) atoms. The third-order valence-electron chi connectivity index (χ3n) is 2.10. The van der Waals surface area contributed by atoms with Gasteiger partial charge in [-0.2, -0.15) is 0 Å². The molecule has 0 atom stereocenters. The predicted molar refractivity (Wildman–Crippen MR) is 55.8 cm³/mol. The van der Waals surface area contributed by atoms with Crippen LogP contribution in [0.1, 0.15) is 6.92 Å². The van der Waals surface area contributed by atoms with Crippen molar-refractivity contribution < 1.29 is 14.7 Å². The van der Waals surface area contributed by atoms with Gasteiger partial charge in [0, 0.05) is 0 Å². The summed E-state index contributed by atoms with van der Waals surface area (Å²) in [6.07, 6.45) is 4.63. The molecule has 4 nitrogen and oxygen atoms in total. The van der Waals surface area contributed by atoms with Gasteiger partial charge in [0.15, 0.2) is 0 Å². The van der Waals surface area contributed by atoms with E-state index in [1.165, 1.54) is 6.08 Å². The van der Waals surface area contributed by atoms with Crippen LogP contribution >= 0.6 is 0 Å². The number of aliphatic hydroxyl groups is 1. The lowest BCUT2D eigenvalue weighted by Crippen LogP contribution is -2.34. The van der Waals surface area contributed by atoms with Crippen LogP contribution in [-0.4, -0.2) is 35.0 Å². The monoisotopic (exact) mass is 207 g/mol. The van der Waals surface area contributed by atoms with Crippen molar-refractivity contribution >= 4 is 11.8 Å². The number of rotatable bonds is 4. The van der Waals surface area contributed by atoms with Crippen LogP contribution in [0.4, 0.5) is 0 Å². The van der Waals surface area contributed by atoms with Gasteiger partial charge in [-0.1, -0.05) is 24.8 Å². The Labute approximate surface area is 88.2 Å². The number of aliphatic hydroxyl groups excluding tert-OH is 1. The number of imide groups is 1. The van der Waals surface area contributed by atoms with Crippen molar-refractivity contribution in [3.8, 4) is 0 Å². The van der Waals surface area contributed by atoms with Crippen molar-refractivity contribution in [1.82, 2.24) is 4.90 Å². The Hall–Kier alpha value is -1.68. The molecule has 0 saturated heterocycles. The van der Waals surface area contributed by atoms with E-state index in [0.717, 1.165) is 4.90 Å². The molecule has 0 bridgehead atoms. The Morgan fingerprint density at radius 2 is 1.93 bits per heavy atom. The lowest BCUT2D eigenvalue weighted by Gasteiger charge is -2.11. The molecular weight excluding hydrogens is 194 g/mol. The second-order valence-electron chi connectivity index (χ2n) is 3.02. The van der Waals surface area contributed by atoms with E-state index in [0.29, 0.717) is 11.1 Å². The lowest BCUT2D eigenvalue weighted by molar-refractivity contribution is -0.137. The Balaban J connectivity index is 3.10. The topological polar surface area (TPSA) is 57.6 Å². The zero-order chi connectivity index (χ0) is 11.4. The van der Waals surface area contributed by atoms with E-state index in [9.17, 15) is 9.59 Å². The fourth-order valence-corrected chi connectivity index (χ4v) is 1.44. The average molecular weight is 207 g/mol. The maximum Gasteiger partial charge on any atom is 0.261 e. The van der Waals surface area contributed by atoms with Crippen LogP contribution in [0.2, 0.25) is 0 Å². The molecule has 0 aromatic heterocycles. The van der Waals surface area contributed by atoms with E-state index >= 15 is 0 Å². The molecule has 1 heterocycles. The second-order valence-corrected chi connectivity index (χ2v) is 3.02. The van der Waals surface area contributed by atoms with Crippen molar-refractivity contribution in [3.05, 3.63) is 36.0 Å². The standard InChI is InChI=1S/C11H13NO3/c1-3-5-9-8(4-2)10(14)12(6-7-13)11(9)15/h3-5,13H,2,6-7H2,1H3/b5-3-. The van der Waals surface area contributed by atoms with Crippen LogP contribution in [0.15, 0.2) is 36.0 Å². The van der Waals surface area contributed by atoms with Crippen molar-refractivity contribution in [2.45, 2.75) is 6.92 Å². The predicted octanol–water partition coefficient (Wildman–Crippen LogP) is 0.406. The Morgan fingerprint density at radius 3 is 2.40 bits per heavy atom. The van der Waals surface area contributed by atoms with Crippen molar-refractivity contribution in [2.24, 2.45) is 0 Å². The van der Waals surface area contributed by atoms with E-state index < -0.39 is 5.91 Å². The summed E-state index contributed by atoms with van der Waals surface area (Å²) in [4.78, 5) is 24.4. The maximum atomic E-state index is 11.7. The van der Waals surface area contributed by atoms with E-state index in [2.05, 4.69) is 6.58 Å². The third kappa shape index (κ3) is 1.89. The van der Waals surface area contributed by atoms with Gasteiger partial charge in [0.1, 0.15) is 0 Å². The van der Waals surface area contributed by atoms with E-state index in [4.69, 9.17) is 5.11 Å². The molecule has 0 saturated carbocycles. The minimum Gasteiger partial charge on any atom is -0.395 e. The molecule has 0 spiro atoms. The SMILES string of the molecule is C=CC1=C(/C=C\C)C(=O)N(CCO)C1=O. The molecule has 80 valence electrons. The maximum absolute atomic E-state index is 11.7. The molecule has 2 amide bonds. The smallest absolute Gasteiger partial charge is 0.261 e. The Bertz CT molecular complexity index is 366. The number of carbonyl (C=O) groups is 2. The number of hydrogen-bond acceptors (Lipinski definition) is 3. The van der Waals surface area contributed by atoms with Gasteiger partial charge in [-0.3, -0.25) is 14.5 Å². The molecule has 0 unspecified atom stereocenters. The van der Waals surface area contributed by atoms with Crippen molar-refractivity contribution in [1.29, 1.82) is 0 Å². The molecule has 1 aliphatic rings. The van der Waals surface area contributed by atoms with Gasteiger partial charge in [0.2, 0.25) is 0 Å². The first kappa shape index (κ1) is 11.4. The minimum atomic E-state index is -0.392. The minimum absolute atomic E-state index is 0.0239. The first-order valence-corrected chi connectivity index (χ1v) is 4.63. The quantitative estimate of drug-likeness (QED) is 0.679. The molecule has 0 aromatic rings. The number of nitrogens with zero attached hydrogens (tertiary/aromatic N) is 1. The first-order valence-electron chi connectivity index (χ1n) is 4.63. The third-order valence-corrected chi connectivity index (χ3v) is 2.10. The lowest BCUT2D eigenvalue weighted by atomic mass is 10.1. The molecule has 1 N–H and O–H groups in total. The fraction of sp³-hybridized carbons (Fsp3) is 0.273. The number of β-amino-alcohol motifs (C(OH)–C–C–N with tert-alkyl or cyclic N) is 1. The highest BCUT2D eigenvalue weighted by Crippen LogP contribution is 2.22. The van der Waals surface area contributed by atoms with Gasteiger partial charge in [-0.05, 0) is 6.92 Å². The second kappa shape index (κ2) is 4.70. The normalized spacial score (nSPS) is 17.1. The molecular formula is C11H13NO3. The van der Waals surface area contributed by atoms with Crippen LogP contribution in [-0.2, 0) is 9.59 Å². The highest BCUT2D eigenvalue weighted by Gasteiger charge is 2.34. The largest absolute Gasteiger partial charge is 0.395 e. The van der Waals surface area contributed by atoms with E-state index in [-0.39, 0.29) is 19.1 Å². The van der Waals surface area contributed by atoms with Gasteiger partial charge in [-0.15, -0.1) is 0 Å². The molecule has 0 radical (unpaired) electrons. The van der Waals surface area contributed by atoms with Gasteiger partial charge in [0.05, 0.1) is 24.3 Å². The van der Waals surface area contributed by atoms with Gasteiger partial charge < -0.3 is 5.11 Å². The summed E-state index contributed by atoms with van der Waals surface area (Å²) in [6, 6.07) is 0. The van der Waals surface area contributed by atoms with Crippen LogP contribution in [0.3, 0.4) is 0 Å². The summed E-state index contributed by atoms with van der Waals surface area (Å²) in [7, 11) is 0. The Morgan fingerprint density at radius 1 is 1.33 bits per heavy atom. The van der Waals surface area contributed by atoms with Crippen LogP contribution < -0.4 is 0 Å². The molecule has 0 aromatic carbocycles. The van der Waals surface area contributed by atoms with E-state index in [1.54, 1.807) is 19.1 Å². The zero-order valence-electron chi connectivity index (χ0n) is 8.56. The fourth-order valence-electron chi connectivity index (χ4n) is 1.44. The summed E-state index contributed by atoms with van der Waals surface area (Å²) >= 11 is 0. The first-order chi connectivity index (χ1) is 7.17. The number of carbonyl (C=O) groups excluding carboxylic acids is 2. The summed E-state index contributed by atoms with van der Waals surface area (Å²) in [5, 5.41) is 8.73. The highest BCUT2D eigenvalue weighted by molar-refractivity contribution is 6.21. The van der Waals surface area contributed by atoms with Gasteiger partial charge >= 0.3 is 0 Å². The molecule has 0 fully saturated rings. The van der Waals surface area contributed by atoms with Crippen LogP contribution in [0.5, 0.6) is 0 Å². The van der Waals surface area contributed by atoms with Crippen LogP contribution in [0, 0.1) is 0 Å². The number of allylic oxidation sites excluding steroid dienone is 1. The summed E-state index contributed by atoms with van der Waals surface area (Å²) < 4.78 is 0. The molecule has 1 aliphatic heterocycles. The van der Waals surface area contributed by atoms with Gasteiger partial charge in [-0.25, -0.2) is 0 Å². The zero-order valence-corrected chi connectivity index (χ0v) is 8.56. The number of amides is 2. The Kier molecular flexibility index (Phi) is 3.57. The molecule has 0 aliphatic carbocycles. The van der Waals surface area contributed by atoms with Crippen molar-refractivity contribution in [3.63, 3.8) is 0 Å². The molecule has 1 rings (SSSR count). The van der Waals surface area contributed by atoms with Crippen LogP contribution in [0.25, 0.3) is 0 Å². The highest BCUT2D eigenvalue weighted by atomic mass is 16.3. The van der Waals surface area contributed by atoms with E-state index in [1.807, 2.05) is 0 Å². The summed E-state index contributed by atoms with van der Waals surface area (Å²) in [5.74, 6) is -0.765. The number of hydrogen-bond donors (Lipinski definition) is 1. The summed E-state index contributed by atoms with van der Waals surface area (Å²) in [6.45, 7) is 5.06. The van der Waals surface area contributed by atoms with Crippen molar-refractivity contribution in [2.75, 3.05) is 13.2 Å². The molecule has 4 heteroatoms. The average Bonchev–Trinajstić information content (AvgIpc) is 2.44.